The molecule has 156 valence electrons. The zero-order valence-corrected chi connectivity index (χ0v) is 17.3. The fraction of sp³-hybridized carbons (Fsp3) is 0.333. The molecule has 0 bridgehead atoms. The van der Waals surface area contributed by atoms with Crippen LogP contribution in [0.2, 0.25) is 0 Å². The SMILES string of the molecule is CCc1ccc2cc(CNc3ccc(N4CCC(C(N)=O)CC4)cc3)c(=O)[nH]c2c1. The number of carbonyl (C=O) groups is 1. The molecule has 3 aromatic rings. The van der Waals surface area contributed by atoms with Crippen LogP contribution in [0.15, 0.2) is 53.3 Å². The van der Waals surface area contributed by atoms with E-state index in [1.807, 2.05) is 24.3 Å². The van der Waals surface area contributed by atoms with Crippen LogP contribution in [0.5, 0.6) is 0 Å². The molecule has 0 unspecified atom stereocenters. The van der Waals surface area contributed by atoms with Gasteiger partial charge in [0, 0.05) is 48.0 Å². The Bertz CT molecular complexity index is 1100. The van der Waals surface area contributed by atoms with E-state index in [1.165, 1.54) is 5.56 Å². The molecular formula is C24H28N4O2. The maximum absolute atomic E-state index is 12.5. The molecule has 2 aromatic carbocycles. The van der Waals surface area contributed by atoms with E-state index < -0.39 is 0 Å². The lowest BCUT2D eigenvalue weighted by atomic mass is 9.96. The number of nitrogens with zero attached hydrogens (tertiary/aromatic N) is 1. The van der Waals surface area contributed by atoms with E-state index in [0.29, 0.717) is 12.1 Å². The lowest BCUT2D eigenvalue weighted by Gasteiger charge is -2.32. The van der Waals surface area contributed by atoms with Crippen LogP contribution < -0.4 is 21.5 Å². The fourth-order valence-corrected chi connectivity index (χ4v) is 4.05. The summed E-state index contributed by atoms with van der Waals surface area (Å²) in [6, 6.07) is 16.4. The van der Waals surface area contributed by atoms with E-state index in [2.05, 4.69) is 46.4 Å². The highest BCUT2D eigenvalue weighted by atomic mass is 16.1. The van der Waals surface area contributed by atoms with Crippen molar-refractivity contribution in [3.8, 4) is 0 Å². The summed E-state index contributed by atoms with van der Waals surface area (Å²) in [6.45, 7) is 4.25. The molecule has 0 radical (unpaired) electrons. The minimum Gasteiger partial charge on any atom is -0.381 e. The lowest BCUT2D eigenvalue weighted by molar-refractivity contribution is -0.122. The summed E-state index contributed by atoms with van der Waals surface area (Å²) in [6.07, 6.45) is 2.56. The minimum absolute atomic E-state index is 0.00389. The molecule has 6 heteroatoms. The van der Waals surface area contributed by atoms with Gasteiger partial charge >= 0.3 is 0 Å². The van der Waals surface area contributed by atoms with Gasteiger partial charge in [-0.05, 0) is 66.6 Å². The van der Waals surface area contributed by atoms with Crippen molar-refractivity contribution in [1.82, 2.24) is 4.98 Å². The van der Waals surface area contributed by atoms with Crippen LogP contribution in [-0.2, 0) is 17.8 Å². The summed E-state index contributed by atoms with van der Waals surface area (Å²) >= 11 is 0. The van der Waals surface area contributed by atoms with Gasteiger partial charge in [-0.15, -0.1) is 0 Å². The standard InChI is InChI=1S/C24H28N4O2/c1-2-16-3-4-18-14-19(24(30)27-22(18)13-16)15-26-20-5-7-21(8-6-20)28-11-9-17(10-12-28)23(25)29/h3-8,13-14,17,26H,2,9-12,15H2,1H3,(H2,25,29)(H,27,30). The van der Waals surface area contributed by atoms with Crippen molar-refractivity contribution in [3.05, 3.63) is 70.0 Å². The van der Waals surface area contributed by atoms with Crippen LogP contribution in [0, 0.1) is 5.92 Å². The van der Waals surface area contributed by atoms with Crippen molar-refractivity contribution in [2.24, 2.45) is 11.7 Å². The van der Waals surface area contributed by atoms with Gasteiger partial charge in [0.2, 0.25) is 5.91 Å². The number of aryl methyl sites for hydroxylation is 1. The van der Waals surface area contributed by atoms with Crippen molar-refractivity contribution in [1.29, 1.82) is 0 Å². The number of amides is 1. The zero-order valence-electron chi connectivity index (χ0n) is 17.3. The molecule has 1 saturated heterocycles. The Balaban J connectivity index is 1.40. The van der Waals surface area contributed by atoms with Gasteiger partial charge in [-0.3, -0.25) is 9.59 Å². The second kappa shape index (κ2) is 8.61. The highest BCUT2D eigenvalue weighted by Crippen LogP contribution is 2.24. The second-order valence-corrected chi connectivity index (χ2v) is 7.96. The third-order valence-electron chi connectivity index (χ3n) is 6.01. The molecular weight excluding hydrogens is 376 g/mol. The Kier molecular flexibility index (Phi) is 5.74. The quantitative estimate of drug-likeness (QED) is 0.587. The number of pyridine rings is 1. The molecule has 0 atom stereocenters. The largest absolute Gasteiger partial charge is 0.381 e. The Morgan fingerprint density at radius 1 is 1.13 bits per heavy atom. The van der Waals surface area contributed by atoms with Crippen LogP contribution in [0.1, 0.15) is 30.9 Å². The monoisotopic (exact) mass is 404 g/mol. The Morgan fingerprint density at radius 2 is 1.87 bits per heavy atom. The molecule has 6 nitrogen and oxygen atoms in total. The van der Waals surface area contributed by atoms with Crippen LogP contribution in [-0.4, -0.2) is 24.0 Å². The minimum atomic E-state index is -0.191. The molecule has 1 aromatic heterocycles. The van der Waals surface area contributed by atoms with Crippen molar-refractivity contribution < 1.29 is 4.79 Å². The highest BCUT2D eigenvalue weighted by molar-refractivity contribution is 5.79. The maximum atomic E-state index is 12.5. The maximum Gasteiger partial charge on any atom is 0.253 e. The second-order valence-electron chi connectivity index (χ2n) is 7.96. The fourth-order valence-electron chi connectivity index (χ4n) is 4.05. The first kappa shape index (κ1) is 20.0. The molecule has 0 aliphatic carbocycles. The predicted octanol–water partition coefficient (Wildman–Crippen LogP) is 3.40. The van der Waals surface area contributed by atoms with Gasteiger partial charge in [0.05, 0.1) is 0 Å². The van der Waals surface area contributed by atoms with E-state index in [0.717, 1.165) is 54.6 Å². The number of hydrogen-bond acceptors (Lipinski definition) is 4. The van der Waals surface area contributed by atoms with Gasteiger partial charge in [-0.1, -0.05) is 19.1 Å². The summed E-state index contributed by atoms with van der Waals surface area (Å²) in [4.78, 5) is 29.1. The van der Waals surface area contributed by atoms with Gasteiger partial charge in [-0.25, -0.2) is 0 Å². The average molecular weight is 405 g/mol. The van der Waals surface area contributed by atoms with Gasteiger partial charge < -0.3 is 20.9 Å². The predicted molar refractivity (Wildman–Crippen MR) is 122 cm³/mol. The van der Waals surface area contributed by atoms with E-state index in [9.17, 15) is 9.59 Å². The lowest BCUT2D eigenvalue weighted by Crippen LogP contribution is -2.38. The van der Waals surface area contributed by atoms with E-state index in [4.69, 9.17) is 5.73 Å². The summed E-state index contributed by atoms with van der Waals surface area (Å²) in [7, 11) is 0. The van der Waals surface area contributed by atoms with Crippen molar-refractivity contribution >= 4 is 28.2 Å². The number of hydrogen-bond donors (Lipinski definition) is 3. The first-order chi connectivity index (χ1) is 14.5. The highest BCUT2D eigenvalue weighted by Gasteiger charge is 2.23. The van der Waals surface area contributed by atoms with Crippen LogP contribution in [0.4, 0.5) is 11.4 Å². The normalized spacial score (nSPS) is 14.8. The van der Waals surface area contributed by atoms with Crippen molar-refractivity contribution in [3.63, 3.8) is 0 Å². The molecule has 0 spiro atoms. The number of rotatable bonds is 6. The molecule has 2 heterocycles. The number of fused-ring (bicyclic) bond motifs is 1. The molecule has 4 N–H and O–H groups in total. The number of anilines is 2. The van der Waals surface area contributed by atoms with Crippen LogP contribution in [0.25, 0.3) is 10.9 Å². The van der Waals surface area contributed by atoms with Gasteiger partial charge in [0.15, 0.2) is 0 Å². The third-order valence-corrected chi connectivity index (χ3v) is 6.01. The number of carbonyl (C=O) groups excluding carboxylic acids is 1. The number of aromatic nitrogens is 1. The molecule has 30 heavy (non-hydrogen) atoms. The number of nitrogens with two attached hydrogens (primary N) is 1. The van der Waals surface area contributed by atoms with Gasteiger partial charge in [0.1, 0.15) is 0 Å². The zero-order chi connectivity index (χ0) is 21.1. The smallest absolute Gasteiger partial charge is 0.253 e. The summed E-state index contributed by atoms with van der Waals surface area (Å²) in [5.74, 6) is -0.195. The van der Waals surface area contributed by atoms with E-state index in [-0.39, 0.29) is 17.4 Å². The number of aromatic amines is 1. The van der Waals surface area contributed by atoms with Crippen LogP contribution in [0.3, 0.4) is 0 Å². The first-order valence-corrected chi connectivity index (χ1v) is 10.6. The van der Waals surface area contributed by atoms with Crippen molar-refractivity contribution in [2.45, 2.75) is 32.7 Å². The third kappa shape index (κ3) is 4.32. The molecule has 1 aliphatic heterocycles. The number of piperidine rings is 1. The first-order valence-electron chi connectivity index (χ1n) is 10.6. The topological polar surface area (TPSA) is 91.2 Å². The van der Waals surface area contributed by atoms with Crippen LogP contribution >= 0.6 is 0 Å². The number of benzene rings is 2. The van der Waals surface area contributed by atoms with E-state index >= 15 is 0 Å². The Labute approximate surface area is 176 Å². The molecule has 1 fully saturated rings. The Hall–Kier alpha value is -3.28. The van der Waals surface area contributed by atoms with Gasteiger partial charge in [-0.2, -0.15) is 0 Å². The van der Waals surface area contributed by atoms with Gasteiger partial charge in [0.25, 0.3) is 5.56 Å². The number of nitrogens with one attached hydrogen (secondary N) is 2. The molecule has 4 rings (SSSR count). The Morgan fingerprint density at radius 3 is 2.53 bits per heavy atom. The van der Waals surface area contributed by atoms with Crippen molar-refractivity contribution in [2.75, 3.05) is 23.3 Å². The molecule has 1 amide bonds. The van der Waals surface area contributed by atoms with E-state index in [1.54, 1.807) is 0 Å². The number of primary amides is 1. The average Bonchev–Trinajstić information content (AvgIpc) is 2.77. The summed E-state index contributed by atoms with van der Waals surface area (Å²) in [5.41, 5.74) is 10.3. The summed E-state index contributed by atoms with van der Waals surface area (Å²) < 4.78 is 0. The molecule has 0 saturated carbocycles. The number of H-pyrrole nitrogens is 1. The molecule has 1 aliphatic rings. The summed E-state index contributed by atoms with van der Waals surface area (Å²) in [5, 5.41) is 4.38.